The number of fused-ring (bicyclic) bond motifs is 5. The van der Waals surface area contributed by atoms with Crippen molar-refractivity contribution in [3.8, 4) is 0 Å². The second kappa shape index (κ2) is 52.4. The summed E-state index contributed by atoms with van der Waals surface area (Å²) in [5, 5.41) is 14.8. The Morgan fingerprint density at radius 1 is 0.311 bits per heavy atom. The van der Waals surface area contributed by atoms with Gasteiger partial charge in [0.2, 0.25) is 0 Å². The van der Waals surface area contributed by atoms with E-state index in [1.807, 2.05) is 42.5 Å². The maximum atomic E-state index is 13.1. The van der Waals surface area contributed by atoms with Crippen molar-refractivity contribution < 1.29 is 170 Å². The summed E-state index contributed by atoms with van der Waals surface area (Å²) in [6, 6.07) is 16.6. The van der Waals surface area contributed by atoms with Gasteiger partial charge in [-0.05, 0) is 475 Å². The summed E-state index contributed by atoms with van der Waals surface area (Å²) >= 11 is 32.1. The van der Waals surface area contributed by atoms with Crippen LogP contribution in [0, 0.1) is 136 Å². The van der Waals surface area contributed by atoms with E-state index in [0.717, 1.165) is 79.2 Å². The van der Waals surface area contributed by atoms with Gasteiger partial charge in [0, 0.05) is 83.5 Å². The molecule has 62 heteroatoms. The lowest BCUT2D eigenvalue weighted by Crippen LogP contribution is -2.54. The third-order valence-electron chi connectivity index (χ3n) is 26.8. The number of rotatable bonds is 30. The van der Waals surface area contributed by atoms with Crippen molar-refractivity contribution in [1.29, 1.82) is 0 Å². The largest absolute Gasteiger partial charge is 0.748 e. The minimum absolute atomic E-state index is 0.0233. The number of hydrogen-bond donors (Lipinski definition) is 5. The molecule has 5 aromatic rings. The highest BCUT2D eigenvalue weighted by molar-refractivity contribution is 14.1. The van der Waals surface area contributed by atoms with Gasteiger partial charge in [0.25, 0.3) is 29.5 Å². The number of halogens is 15. The monoisotopic (exact) mass is 3830 g/mol. The zero-order valence-electron chi connectivity index (χ0n) is 74.9. The van der Waals surface area contributed by atoms with Crippen LogP contribution < -0.4 is 26.6 Å². The Labute approximate surface area is 1050 Å². The number of benzene rings is 5. The second-order valence-corrected chi connectivity index (χ2v) is 60.9. The molecule has 0 radical (unpaired) electrons. The first-order chi connectivity index (χ1) is 69.0. The molecule has 5 heterocycles. The number of hydrogen-bond acceptors (Lipinski definition) is 37. The molecule has 7 aliphatic carbocycles. The van der Waals surface area contributed by atoms with Crippen LogP contribution in [0.25, 0.3) is 0 Å². The maximum absolute atomic E-state index is 13.1. The predicted molar refractivity (Wildman–Crippen MR) is 636 cm³/mol. The van der Waals surface area contributed by atoms with Crippen molar-refractivity contribution in [1.82, 2.24) is 26.6 Å². The summed E-state index contributed by atoms with van der Waals surface area (Å²) in [4.78, 5) is 164. The van der Waals surface area contributed by atoms with E-state index in [9.17, 15) is 127 Å². The fourth-order valence-electron chi connectivity index (χ4n) is 20.8. The van der Waals surface area contributed by atoms with Crippen molar-refractivity contribution in [2.24, 2.45) is 82.9 Å². The highest BCUT2D eigenvalue weighted by atomic mass is 127. The Bertz CT molecular complexity index is 6640. The smallest absolute Gasteiger partial charge is 0.313 e. The van der Waals surface area contributed by atoms with Crippen LogP contribution in [0.2, 0.25) is 0 Å². The third-order valence-corrected chi connectivity index (χ3v) is 48.4. The number of esters is 8. The molecule has 5 saturated heterocycles. The highest BCUT2D eigenvalue weighted by Gasteiger charge is 2.73. The van der Waals surface area contributed by atoms with Gasteiger partial charge in [0.15, 0.2) is 6.10 Å². The zero-order chi connectivity index (χ0) is 109. The average molecular weight is 3840 g/mol. The van der Waals surface area contributed by atoms with Crippen molar-refractivity contribution in [2.45, 2.75) is 119 Å². The van der Waals surface area contributed by atoms with E-state index in [4.69, 9.17) is 42.6 Å². The molecule has 8 bridgehead atoms. The molecule has 5 N–H and O–H groups in total. The summed E-state index contributed by atoms with van der Waals surface area (Å²) in [5.74, 6) is -16.7. The van der Waals surface area contributed by atoms with Gasteiger partial charge in [0.1, 0.15) is 63.2 Å². The minimum atomic E-state index is -4.55. The SMILES string of the molecule is O=C(NC1C2CC3C(OC(=O)C31)C2C(=O)OCCS(=O)(=O)[O-])c1cc(I)cc(I)c1I.O=C(NC1C2CC3C1OC(=O)C3C2C(=O)OCCS(=O)(=O)[O-])c1cc(I)cc(I)c1I.O=C(NC1C2OC(=O)C3C2OC1C3C(=O)OCCS(=O)(=O)[O-])c1cc(I)cc(I)c1I.O=C(NC1CC2CC(C(=O)OCCS(=O)(=O)[O-])C1C2)c1cc(I)cc(I)c1I.O=C(NC1CCCC(C(=O)OCCS(=O)(=O)[O-])C1)c1cc(I)cc(I)c1I. The van der Waals surface area contributed by atoms with Crippen LogP contribution in [0.3, 0.4) is 0 Å². The van der Waals surface area contributed by atoms with Crippen LogP contribution in [0.1, 0.15) is 110 Å². The molecule has 12 fully saturated rings. The molecule has 0 aromatic heterocycles. The fraction of sp³-hybridized carbons (Fsp3) is 0.500. The van der Waals surface area contributed by atoms with Crippen molar-refractivity contribution >= 4 is 467 Å². The normalized spacial score (nSPS) is 28.1. The lowest BCUT2D eigenvalue weighted by Gasteiger charge is -2.31. The Balaban J connectivity index is 0.000000155. The van der Waals surface area contributed by atoms with E-state index in [2.05, 4.69) is 365 Å². The molecule has 5 aromatic carbocycles. The number of amides is 5. The Morgan fingerprint density at radius 2 is 0.649 bits per heavy atom. The molecule has 12 aliphatic rings. The molecule has 808 valence electrons. The molecule has 17 rings (SSSR count). The van der Waals surface area contributed by atoms with Gasteiger partial charge in [0.05, 0.1) is 161 Å². The van der Waals surface area contributed by atoms with Gasteiger partial charge in [-0.25, -0.2) is 42.1 Å². The first kappa shape index (κ1) is 125. The standard InChI is InChI=1S/2C18H16I3NO8S.C17H14I3NO9S.C17H18I3NO6S.C16H18I3NO6S/c19-6-3-9(13(21)10(20)4-6)16(23)22-14-7-5-8-11(14)18(25)30-15(8)12(7)17(24)29-1-2-31(26,27)28;19-6-3-9(13(21)10(20)4-6)16(23)22-14-7-5-8-12(18(25)30-15(8)14)11(7)17(24)29-1-2-31(26,27)28;18-5-3-6(10(20)7(19)4-5)15(22)21-11-12-8(16(23)28-1-2-31(25,26)27)9-13(29-12)14(11)30-17(9)24;18-9-6-12(15(20)13(19)7-9)16(22)21-14-5-8-3-10(14)11(4-8)17(23)27-1-2-28(24,25)26;17-10-7-12(14(19)13(18)8-10)15(21)20-11-3-1-2-9(6-11)16(22)26-4-5-27(23,24)25/h2*3-4,7-8,11-12,14-15H,1-2,5H2,(H,22,23)(H,26,27,28);3-4,8-9,11-14H,1-2H2,(H,21,22)(H,25,26,27);6-8,10-11,14H,1-5H2,(H,21,22)(H,24,25,26);7-9,11H,1-6H2,(H,20,21)(H,23,24,25)/p-5. The van der Waals surface area contributed by atoms with Crippen LogP contribution in [0.4, 0.5) is 0 Å². The molecule has 24 unspecified atom stereocenters. The lowest BCUT2D eigenvalue weighted by molar-refractivity contribution is -0.156. The topological polar surface area (TPSA) is 651 Å². The molecule has 5 aliphatic heterocycles. The van der Waals surface area contributed by atoms with E-state index in [0.29, 0.717) is 65.8 Å². The van der Waals surface area contributed by atoms with Gasteiger partial charge in [-0.2, -0.15) is 0 Å². The summed E-state index contributed by atoms with van der Waals surface area (Å²) < 4.78 is 221. The first-order valence-electron chi connectivity index (χ1n) is 44.1. The molecule has 0 spiro atoms. The molecule has 5 amide bonds. The summed E-state index contributed by atoms with van der Waals surface area (Å²) in [5.41, 5.74) is 2.67. The summed E-state index contributed by atoms with van der Waals surface area (Å²) in [6.45, 7) is -2.61. The third kappa shape index (κ3) is 31.2. The number of carbonyl (C=O) groups is 13. The molecule has 42 nitrogen and oxygen atoms in total. The van der Waals surface area contributed by atoms with Crippen LogP contribution in [-0.4, -0.2) is 265 Å². The van der Waals surface area contributed by atoms with Crippen LogP contribution in [0.15, 0.2) is 60.7 Å². The van der Waals surface area contributed by atoms with E-state index in [-0.39, 0.29) is 71.2 Å². The second-order valence-electron chi connectivity index (χ2n) is 35.9. The predicted octanol–water partition coefficient (Wildman–Crippen LogP) is 9.23. The van der Waals surface area contributed by atoms with Crippen LogP contribution in [-0.2, 0) is 132 Å². The van der Waals surface area contributed by atoms with E-state index >= 15 is 0 Å². The molecule has 148 heavy (non-hydrogen) atoms. The fourth-order valence-corrected chi connectivity index (χ4v) is 34.2. The highest BCUT2D eigenvalue weighted by Crippen LogP contribution is 2.60. The Morgan fingerprint density at radius 3 is 1.07 bits per heavy atom. The molecular weight excluding hydrogens is 3760 g/mol. The van der Waals surface area contributed by atoms with Gasteiger partial charge in [-0.15, -0.1) is 0 Å². The molecule has 24 atom stereocenters. The summed E-state index contributed by atoms with van der Waals surface area (Å²) in [7, 11) is -22.4. The Hall–Kier alpha value is -0.330. The van der Waals surface area contributed by atoms with Gasteiger partial charge < -0.3 is 92.0 Å². The van der Waals surface area contributed by atoms with Gasteiger partial charge in [-0.1, -0.05) is 6.42 Å². The first-order valence-corrected chi connectivity index (χ1v) is 68.2. The maximum Gasteiger partial charge on any atom is 0.313 e. The number of nitrogens with one attached hydrogen (secondary N) is 5. The van der Waals surface area contributed by atoms with Crippen LogP contribution >= 0.6 is 339 Å². The number of ether oxygens (including phenoxy) is 9. The van der Waals surface area contributed by atoms with Crippen molar-refractivity contribution in [2.75, 3.05) is 61.8 Å². The van der Waals surface area contributed by atoms with Crippen LogP contribution in [0.5, 0.6) is 0 Å². The number of carbonyl (C=O) groups excluding carboxylic acids is 13. The average Bonchev–Trinajstić information content (AvgIpc) is 1.55. The molecular formula is C86H77I15N5O37S5-5. The Kier molecular flexibility index (Phi) is 44.1. The lowest BCUT2D eigenvalue weighted by atomic mass is 9.77. The minimum Gasteiger partial charge on any atom is -0.748 e. The zero-order valence-corrected chi connectivity index (χ0v) is 111. The van der Waals surface area contributed by atoms with Gasteiger partial charge >= 0.3 is 47.8 Å². The molecule has 7 saturated carbocycles. The van der Waals surface area contributed by atoms with Gasteiger partial charge in [-0.3, -0.25) is 62.3 Å². The quantitative estimate of drug-likeness (QED) is 0.00939. The van der Waals surface area contributed by atoms with E-state index < -0.39 is 256 Å². The van der Waals surface area contributed by atoms with Crippen molar-refractivity contribution in [3.63, 3.8) is 0 Å². The summed E-state index contributed by atoms with van der Waals surface area (Å²) in [6.07, 6.45) is 2.51. The van der Waals surface area contributed by atoms with E-state index in [1.165, 1.54) is 0 Å². The van der Waals surface area contributed by atoms with Crippen molar-refractivity contribution in [3.05, 3.63) is 142 Å². The van der Waals surface area contributed by atoms with E-state index in [1.54, 1.807) is 18.2 Å².